The largest absolute Gasteiger partial charge is 0.497 e. The summed E-state index contributed by atoms with van der Waals surface area (Å²) in [4.78, 5) is 22.4. The number of benzene rings is 1. The van der Waals surface area contributed by atoms with E-state index in [4.69, 9.17) is 9.84 Å². The minimum Gasteiger partial charge on any atom is -0.497 e. The molecule has 0 spiro atoms. The first-order valence-electron chi connectivity index (χ1n) is 5.59. The Hall–Kier alpha value is -2.04. The van der Waals surface area contributed by atoms with E-state index < -0.39 is 17.9 Å². The van der Waals surface area contributed by atoms with Crippen LogP contribution in [0.1, 0.15) is 13.8 Å². The van der Waals surface area contributed by atoms with Gasteiger partial charge in [-0.2, -0.15) is 0 Å². The molecule has 0 heterocycles. The van der Waals surface area contributed by atoms with Gasteiger partial charge in [0.25, 0.3) is 0 Å². The van der Waals surface area contributed by atoms with Crippen LogP contribution in [-0.2, 0) is 9.59 Å². The van der Waals surface area contributed by atoms with Crippen molar-refractivity contribution in [2.45, 2.75) is 19.9 Å². The van der Waals surface area contributed by atoms with E-state index >= 15 is 0 Å². The summed E-state index contributed by atoms with van der Waals surface area (Å²) in [6, 6.07) is 5.93. The van der Waals surface area contributed by atoms with Gasteiger partial charge in [-0.1, -0.05) is 6.92 Å². The smallest absolute Gasteiger partial charge is 0.326 e. The topological polar surface area (TPSA) is 75.6 Å². The molecule has 0 aromatic heterocycles. The molecule has 1 rings (SSSR count). The molecule has 5 nitrogen and oxygen atoms in total. The van der Waals surface area contributed by atoms with Crippen LogP contribution in [0.4, 0.5) is 5.69 Å². The molecule has 0 bridgehead atoms. The van der Waals surface area contributed by atoms with Crippen molar-refractivity contribution in [3.05, 3.63) is 24.3 Å². The number of carboxylic acid groups (broad SMARTS) is 1. The van der Waals surface area contributed by atoms with Crippen LogP contribution in [0.3, 0.4) is 0 Å². The Balaban J connectivity index is 2.83. The Kier molecular flexibility index (Phi) is 4.71. The fourth-order valence-corrected chi connectivity index (χ4v) is 1.50. The molecule has 0 radical (unpaired) electrons. The van der Waals surface area contributed by atoms with Gasteiger partial charge in [-0.15, -0.1) is 0 Å². The number of hydrogen-bond donors (Lipinski definition) is 2. The lowest BCUT2D eigenvalue weighted by Gasteiger charge is -2.20. The summed E-state index contributed by atoms with van der Waals surface area (Å²) in [5.74, 6) is -1.12. The maximum absolute atomic E-state index is 11.3. The normalized spacial score (nSPS) is 13.5. The summed E-state index contributed by atoms with van der Waals surface area (Å²) >= 11 is 0. The number of ketones is 1. The van der Waals surface area contributed by atoms with Gasteiger partial charge in [0.05, 0.1) is 7.11 Å². The second-order valence-electron chi connectivity index (χ2n) is 4.09. The number of aliphatic carboxylic acids is 1. The van der Waals surface area contributed by atoms with Crippen LogP contribution in [0, 0.1) is 5.92 Å². The molecule has 1 aromatic carbocycles. The molecule has 0 saturated heterocycles. The molecule has 5 heteroatoms. The molecule has 0 saturated carbocycles. The minimum atomic E-state index is -1.05. The molecular weight excluding hydrogens is 234 g/mol. The van der Waals surface area contributed by atoms with Crippen molar-refractivity contribution in [3.8, 4) is 5.75 Å². The number of nitrogens with one attached hydrogen (secondary N) is 1. The number of rotatable bonds is 6. The third-order valence-electron chi connectivity index (χ3n) is 2.82. The summed E-state index contributed by atoms with van der Waals surface area (Å²) in [5, 5.41) is 12.0. The fourth-order valence-electron chi connectivity index (χ4n) is 1.50. The SMILES string of the molecule is COc1ccc(N[C@H](C(=O)O)[C@@H](C)C(C)=O)cc1. The van der Waals surface area contributed by atoms with E-state index in [9.17, 15) is 9.59 Å². The second-order valence-corrected chi connectivity index (χ2v) is 4.09. The number of Topliss-reactive ketones (excluding diaryl/α,β-unsaturated/α-hetero) is 1. The van der Waals surface area contributed by atoms with E-state index in [0.717, 1.165) is 0 Å². The van der Waals surface area contributed by atoms with Crippen LogP contribution in [0.2, 0.25) is 0 Å². The average molecular weight is 251 g/mol. The zero-order valence-electron chi connectivity index (χ0n) is 10.6. The summed E-state index contributed by atoms with van der Waals surface area (Å²) in [7, 11) is 1.56. The zero-order chi connectivity index (χ0) is 13.7. The highest BCUT2D eigenvalue weighted by atomic mass is 16.5. The van der Waals surface area contributed by atoms with Crippen molar-refractivity contribution in [2.75, 3.05) is 12.4 Å². The first-order chi connectivity index (χ1) is 8.45. The highest BCUT2D eigenvalue weighted by Crippen LogP contribution is 2.18. The van der Waals surface area contributed by atoms with Crippen molar-refractivity contribution in [3.63, 3.8) is 0 Å². The number of anilines is 1. The Morgan fingerprint density at radius 3 is 2.22 bits per heavy atom. The quantitative estimate of drug-likeness (QED) is 0.806. The Labute approximate surface area is 106 Å². The van der Waals surface area contributed by atoms with Gasteiger partial charge in [0.2, 0.25) is 0 Å². The van der Waals surface area contributed by atoms with E-state index in [2.05, 4.69) is 5.32 Å². The van der Waals surface area contributed by atoms with Crippen molar-refractivity contribution in [2.24, 2.45) is 5.92 Å². The van der Waals surface area contributed by atoms with Crippen LogP contribution in [0.25, 0.3) is 0 Å². The Morgan fingerprint density at radius 2 is 1.83 bits per heavy atom. The Bertz CT molecular complexity index is 427. The zero-order valence-corrected chi connectivity index (χ0v) is 10.6. The van der Waals surface area contributed by atoms with Crippen molar-refractivity contribution in [1.82, 2.24) is 0 Å². The van der Waals surface area contributed by atoms with Crippen LogP contribution >= 0.6 is 0 Å². The van der Waals surface area contributed by atoms with Gasteiger partial charge in [0, 0.05) is 11.6 Å². The van der Waals surface area contributed by atoms with Crippen LogP contribution < -0.4 is 10.1 Å². The summed E-state index contributed by atoms with van der Waals surface area (Å²) < 4.78 is 5.01. The van der Waals surface area contributed by atoms with Gasteiger partial charge in [0.1, 0.15) is 17.6 Å². The number of ether oxygens (including phenoxy) is 1. The number of carbonyl (C=O) groups excluding carboxylic acids is 1. The molecular formula is C13H17NO4. The lowest BCUT2D eigenvalue weighted by Crippen LogP contribution is -2.38. The van der Waals surface area contributed by atoms with E-state index in [1.54, 1.807) is 38.3 Å². The van der Waals surface area contributed by atoms with Crippen LogP contribution in [-0.4, -0.2) is 30.0 Å². The number of carbonyl (C=O) groups is 2. The predicted molar refractivity (Wildman–Crippen MR) is 67.9 cm³/mol. The molecule has 2 N–H and O–H groups in total. The number of methoxy groups -OCH3 is 1. The Morgan fingerprint density at radius 1 is 1.28 bits per heavy atom. The molecule has 2 atom stereocenters. The van der Waals surface area contributed by atoms with Gasteiger partial charge in [-0.05, 0) is 31.2 Å². The van der Waals surface area contributed by atoms with Crippen molar-refractivity contribution in [1.29, 1.82) is 0 Å². The monoisotopic (exact) mass is 251 g/mol. The summed E-state index contributed by atoms with van der Waals surface area (Å²) in [5.41, 5.74) is 0.635. The van der Waals surface area contributed by atoms with Crippen molar-refractivity contribution < 1.29 is 19.4 Å². The maximum atomic E-state index is 11.3. The third kappa shape index (κ3) is 3.48. The van der Waals surface area contributed by atoms with E-state index in [0.29, 0.717) is 11.4 Å². The molecule has 1 aromatic rings. The molecule has 0 aliphatic heterocycles. The van der Waals surface area contributed by atoms with Crippen molar-refractivity contribution >= 4 is 17.4 Å². The highest BCUT2D eigenvalue weighted by molar-refractivity contribution is 5.88. The molecule has 0 aliphatic rings. The summed E-state index contributed by atoms with van der Waals surface area (Å²) in [6.07, 6.45) is 0. The molecule has 98 valence electrons. The third-order valence-corrected chi connectivity index (χ3v) is 2.82. The second kappa shape index (κ2) is 6.05. The lowest BCUT2D eigenvalue weighted by molar-refractivity contribution is -0.141. The van der Waals surface area contributed by atoms with E-state index in [1.165, 1.54) is 6.92 Å². The van der Waals surface area contributed by atoms with E-state index in [-0.39, 0.29) is 5.78 Å². The van der Waals surface area contributed by atoms with Gasteiger partial charge in [-0.25, -0.2) is 4.79 Å². The minimum absolute atomic E-state index is 0.164. The number of hydrogen-bond acceptors (Lipinski definition) is 4. The van der Waals surface area contributed by atoms with E-state index in [1.807, 2.05) is 0 Å². The molecule has 0 fully saturated rings. The summed E-state index contributed by atoms with van der Waals surface area (Å²) in [6.45, 7) is 2.98. The van der Waals surface area contributed by atoms with Gasteiger partial charge in [0.15, 0.2) is 0 Å². The van der Waals surface area contributed by atoms with Gasteiger partial charge >= 0.3 is 5.97 Å². The molecule has 18 heavy (non-hydrogen) atoms. The van der Waals surface area contributed by atoms with Crippen LogP contribution in [0.15, 0.2) is 24.3 Å². The van der Waals surface area contributed by atoms with Crippen LogP contribution in [0.5, 0.6) is 5.75 Å². The first kappa shape index (κ1) is 14.0. The van der Waals surface area contributed by atoms with Gasteiger partial charge in [-0.3, -0.25) is 4.79 Å². The van der Waals surface area contributed by atoms with Gasteiger partial charge < -0.3 is 15.2 Å². The molecule has 0 amide bonds. The molecule has 0 aliphatic carbocycles. The molecule has 0 unspecified atom stereocenters. The lowest BCUT2D eigenvalue weighted by atomic mass is 9.98. The number of carboxylic acids is 1. The highest BCUT2D eigenvalue weighted by Gasteiger charge is 2.27. The predicted octanol–water partition coefficient (Wildman–Crippen LogP) is 1.79. The maximum Gasteiger partial charge on any atom is 0.326 e. The fraction of sp³-hybridized carbons (Fsp3) is 0.385. The standard InChI is InChI=1S/C13H17NO4/c1-8(9(2)15)12(13(16)17)14-10-4-6-11(18-3)7-5-10/h4-8,12,14H,1-3H3,(H,16,17)/t8-,12-/m0/s1. The average Bonchev–Trinajstić information content (AvgIpc) is 2.35. The first-order valence-corrected chi connectivity index (χ1v) is 5.59.